The Labute approximate surface area is 166 Å². The van der Waals surface area contributed by atoms with E-state index in [9.17, 15) is 9.18 Å². The molecular formula is C23H28FNO3. The van der Waals surface area contributed by atoms with E-state index >= 15 is 0 Å². The summed E-state index contributed by atoms with van der Waals surface area (Å²) in [5, 5.41) is 0. The van der Waals surface area contributed by atoms with Gasteiger partial charge in [-0.05, 0) is 54.4 Å². The second-order valence-corrected chi connectivity index (χ2v) is 7.73. The lowest BCUT2D eigenvalue weighted by Crippen LogP contribution is -2.21. The van der Waals surface area contributed by atoms with Crippen molar-refractivity contribution in [1.29, 1.82) is 0 Å². The minimum Gasteiger partial charge on any atom is -0.465 e. The molecule has 4 nitrogen and oxygen atoms in total. The minimum atomic E-state index is -0.699. The Morgan fingerprint density at radius 3 is 2.64 bits per heavy atom. The summed E-state index contributed by atoms with van der Waals surface area (Å²) in [6.07, 6.45) is 7.63. The third-order valence-corrected chi connectivity index (χ3v) is 5.75. The number of esters is 1. The molecule has 0 saturated heterocycles. The van der Waals surface area contributed by atoms with E-state index in [0.717, 1.165) is 12.0 Å². The van der Waals surface area contributed by atoms with Gasteiger partial charge in [0, 0.05) is 6.20 Å². The van der Waals surface area contributed by atoms with E-state index in [1.54, 1.807) is 0 Å². The van der Waals surface area contributed by atoms with Crippen molar-refractivity contribution in [3.05, 3.63) is 53.5 Å². The molecule has 1 fully saturated rings. The molecule has 0 N–H and O–H groups in total. The van der Waals surface area contributed by atoms with Crippen LogP contribution in [-0.4, -0.2) is 18.1 Å². The van der Waals surface area contributed by atoms with Gasteiger partial charge >= 0.3 is 5.97 Å². The van der Waals surface area contributed by atoms with Crippen LogP contribution in [0.4, 0.5) is 4.39 Å². The van der Waals surface area contributed by atoms with Crippen LogP contribution in [-0.2, 0) is 4.74 Å². The number of aromatic nitrogens is 1. The molecule has 3 atom stereocenters. The fourth-order valence-electron chi connectivity index (χ4n) is 4.17. The van der Waals surface area contributed by atoms with E-state index in [0.29, 0.717) is 17.6 Å². The lowest BCUT2D eigenvalue weighted by atomic mass is 9.71. The number of hydrogen-bond acceptors (Lipinski definition) is 4. The van der Waals surface area contributed by atoms with Gasteiger partial charge in [-0.15, -0.1) is 0 Å². The lowest BCUT2D eigenvalue weighted by Gasteiger charge is -2.34. The fourth-order valence-corrected chi connectivity index (χ4v) is 4.17. The van der Waals surface area contributed by atoms with Crippen molar-refractivity contribution in [3.8, 4) is 11.6 Å². The fraction of sp³-hybridized carbons (Fsp3) is 0.478. The summed E-state index contributed by atoms with van der Waals surface area (Å²) < 4.78 is 24.3. The SMILES string of the molecule is CCCC1CCC(C)C(c2ccc(Oc3ncc(C(=O)OC)cc3F)cc2)C1. The van der Waals surface area contributed by atoms with Gasteiger partial charge in [-0.3, -0.25) is 0 Å². The Morgan fingerprint density at radius 1 is 1.25 bits per heavy atom. The molecule has 0 bridgehead atoms. The summed E-state index contributed by atoms with van der Waals surface area (Å²) in [5.41, 5.74) is 1.37. The zero-order valence-electron chi connectivity index (χ0n) is 16.8. The van der Waals surface area contributed by atoms with Gasteiger partial charge in [0.25, 0.3) is 5.88 Å². The van der Waals surface area contributed by atoms with Crippen LogP contribution in [0.1, 0.15) is 67.8 Å². The summed E-state index contributed by atoms with van der Waals surface area (Å²) >= 11 is 0. The van der Waals surface area contributed by atoms with Crippen molar-refractivity contribution in [2.45, 2.75) is 51.9 Å². The molecule has 1 saturated carbocycles. The topological polar surface area (TPSA) is 48.4 Å². The summed E-state index contributed by atoms with van der Waals surface area (Å²) in [5.74, 6) is 1.08. The molecule has 1 heterocycles. The Balaban J connectivity index is 1.70. The first-order valence-corrected chi connectivity index (χ1v) is 10.0. The van der Waals surface area contributed by atoms with E-state index in [1.165, 1.54) is 51.0 Å². The van der Waals surface area contributed by atoms with E-state index in [4.69, 9.17) is 4.74 Å². The summed E-state index contributed by atoms with van der Waals surface area (Å²) in [4.78, 5) is 15.3. The molecule has 1 aliphatic rings. The molecule has 0 spiro atoms. The number of hydrogen-bond donors (Lipinski definition) is 0. The number of pyridine rings is 1. The number of ether oxygens (including phenoxy) is 2. The molecular weight excluding hydrogens is 357 g/mol. The van der Waals surface area contributed by atoms with Crippen molar-refractivity contribution in [3.63, 3.8) is 0 Å². The molecule has 1 aliphatic carbocycles. The van der Waals surface area contributed by atoms with Gasteiger partial charge < -0.3 is 9.47 Å². The van der Waals surface area contributed by atoms with E-state index in [2.05, 4.69) is 35.7 Å². The number of methoxy groups -OCH3 is 1. The van der Waals surface area contributed by atoms with Gasteiger partial charge in [0.2, 0.25) is 0 Å². The van der Waals surface area contributed by atoms with Crippen LogP contribution in [0, 0.1) is 17.7 Å². The van der Waals surface area contributed by atoms with Crippen molar-refractivity contribution >= 4 is 5.97 Å². The smallest absolute Gasteiger partial charge is 0.339 e. The van der Waals surface area contributed by atoms with Crippen molar-refractivity contribution in [2.24, 2.45) is 11.8 Å². The molecule has 1 aromatic heterocycles. The molecule has 28 heavy (non-hydrogen) atoms. The van der Waals surface area contributed by atoms with Gasteiger partial charge in [0.05, 0.1) is 12.7 Å². The molecule has 2 aromatic rings. The average Bonchev–Trinajstić information content (AvgIpc) is 2.71. The van der Waals surface area contributed by atoms with Crippen LogP contribution in [0.2, 0.25) is 0 Å². The second kappa shape index (κ2) is 9.18. The Bertz CT molecular complexity index is 806. The summed E-state index contributed by atoms with van der Waals surface area (Å²) in [7, 11) is 1.24. The third kappa shape index (κ3) is 4.70. The van der Waals surface area contributed by atoms with Crippen molar-refractivity contribution < 1.29 is 18.7 Å². The van der Waals surface area contributed by atoms with Gasteiger partial charge in [-0.1, -0.05) is 45.2 Å². The van der Waals surface area contributed by atoms with Gasteiger partial charge in [0.15, 0.2) is 5.82 Å². The van der Waals surface area contributed by atoms with Gasteiger partial charge in [-0.25, -0.2) is 14.2 Å². The molecule has 3 unspecified atom stereocenters. The van der Waals surface area contributed by atoms with Gasteiger partial charge in [0.1, 0.15) is 5.75 Å². The number of rotatable bonds is 6. The second-order valence-electron chi connectivity index (χ2n) is 7.73. The van der Waals surface area contributed by atoms with E-state index in [-0.39, 0.29) is 11.4 Å². The first-order valence-electron chi connectivity index (χ1n) is 10.0. The predicted octanol–water partition coefficient (Wildman–Crippen LogP) is 6.12. The molecule has 5 heteroatoms. The predicted molar refractivity (Wildman–Crippen MR) is 106 cm³/mol. The Hall–Kier alpha value is -2.43. The number of nitrogens with zero attached hydrogens (tertiary/aromatic N) is 1. The van der Waals surface area contributed by atoms with Crippen LogP contribution >= 0.6 is 0 Å². The van der Waals surface area contributed by atoms with Crippen molar-refractivity contribution in [1.82, 2.24) is 4.98 Å². The maximum absolute atomic E-state index is 14.2. The molecule has 150 valence electrons. The first kappa shape index (κ1) is 20.3. The Kier molecular flexibility index (Phi) is 6.65. The molecule has 0 aliphatic heterocycles. The van der Waals surface area contributed by atoms with Crippen LogP contribution in [0.25, 0.3) is 0 Å². The highest BCUT2D eigenvalue weighted by Crippen LogP contribution is 2.42. The summed E-state index contributed by atoms with van der Waals surface area (Å²) in [6, 6.07) is 8.94. The third-order valence-electron chi connectivity index (χ3n) is 5.75. The highest BCUT2D eigenvalue weighted by molar-refractivity contribution is 5.88. The quantitative estimate of drug-likeness (QED) is 0.562. The monoisotopic (exact) mass is 385 g/mol. The van der Waals surface area contributed by atoms with Crippen LogP contribution in [0.5, 0.6) is 11.6 Å². The number of carbonyl (C=O) groups is 1. The number of benzene rings is 1. The molecule has 3 rings (SSSR count). The van der Waals surface area contributed by atoms with Crippen LogP contribution in [0.15, 0.2) is 36.5 Å². The van der Waals surface area contributed by atoms with Crippen LogP contribution < -0.4 is 4.74 Å². The molecule has 1 aromatic carbocycles. The maximum atomic E-state index is 14.2. The average molecular weight is 385 g/mol. The van der Waals surface area contributed by atoms with Crippen molar-refractivity contribution in [2.75, 3.05) is 7.11 Å². The standard InChI is InChI=1S/C23H28FNO3/c1-4-5-16-7-6-15(2)20(12-16)17-8-10-19(11-9-17)28-22-21(24)13-18(14-25-22)23(26)27-3/h8-11,13-16,20H,4-7,12H2,1-3H3. The maximum Gasteiger partial charge on any atom is 0.339 e. The Morgan fingerprint density at radius 2 is 2.00 bits per heavy atom. The van der Waals surface area contributed by atoms with Gasteiger partial charge in [-0.2, -0.15) is 0 Å². The normalized spacial score (nSPS) is 21.9. The highest BCUT2D eigenvalue weighted by atomic mass is 19.1. The van der Waals surface area contributed by atoms with E-state index in [1.807, 2.05) is 12.1 Å². The summed E-state index contributed by atoms with van der Waals surface area (Å²) in [6.45, 7) is 4.59. The van der Waals surface area contributed by atoms with Crippen LogP contribution in [0.3, 0.4) is 0 Å². The zero-order chi connectivity index (χ0) is 20.1. The number of carbonyl (C=O) groups excluding carboxylic acids is 1. The molecule has 0 amide bonds. The number of halogens is 1. The lowest BCUT2D eigenvalue weighted by molar-refractivity contribution is 0.0599. The largest absolute Gasteiger partial charge is 0.465 e. The van der Waals surface area contributed by atoms with E-state index < -0.39 is 11.8 Å². The highest BCUT2D eigenvalue weighted by Gasteiger charge is 2.28. The molecule has 0 radical (unpaired) electrons. The minimum absolute atomic E-state index is 0.0515. The zero-order valence-corrected chi connectivity index (χ0v) is 16.8. The first-order chi connectivity index (χ1) is 13.5.